The van der Waals surface area contributed by atoms with Gasteiger partial charge in [-0.3, -0.25) is 4.79 Å². The van der Waals surface area contributed by atoms with Crippen LogP contribution in [0.4, 0.5) is 10.1 Å². The predicted octanol–water partition coefficient (Wildman–Crippen LogP) is 5.84. The Morgan fingerprint density at radius 2 is 1.76 bits per heavy atom. The maximum Gasteiger partial charge on any atom is 0.303 e. The summed E-state index contributed by atoms with van der Waals surface area (Å²) in [5.41, 5.74) is 2.19. The number of halogens is 1. The number of nitrogens with zero attached hydrogens (tertiary/aromatic N) is 1. The van der Waals surface area contributed by atoms with Crippen LogP contribution in [-0.2, 0) is 4.79 Å². The highest BCUT2D eigenvalue weighted by molar-refractivity contribution is 5.94. The van der Waals surface area contributed by atoms with Crippen molar-refractivity contribution in [3.8, 4) is 0 Å². The van der Waals surface area contributed by atoms with Gasteiger partial charge in [0.2, 0.25) is 0 Å². The first-order chi connectivity index (χ1) is 14.1. The van der Waals surface area contributed by atoms with Gasteiger partial charge < -0.3 is 10.0 Å². The van der Waals surface area contributed by atoms with Crippen LogP contribution < -0.4 is 4.90 Å². The van der Waals surface area contributed by atoms with E-state index in [2.05, 4.69) is 42.2 Å². The molecule has 0 heterocycles. The summed E-state index contributed by atoms with van der Waals surface area (Å²) in [5, 5.41) is 12.0. The van der Waals surface area contributed by atoms with E-state index >= 15 is 0 Å². The van der Waals surface area contributed by atoms with E-state index < -0.39 is 5.97 Å². The molecule has 0 bridgehead atoms. The quantitative estimate of drug-likeness (QED) is 0.574. The first kappa shape index (κ1) is 19.4. The van der Waals surface area contributed by atoms with Crippen LogP contribution in [0.2, 0.25) is 0 Å². The molecular formula is C25H26FNO2. The number of benzene rings is 3. The molecule has 3 aromatic carbocycles. The normalized spacial score (nSPS) is 21.4. The predicted molar refractivity (Wildman–Crippen MR) is 115 cm³/mol. The third kappa shape index (κ3) is 3.84. The summed E-state index contributed by atoms with van der Waals surface area (Å²) in [4.78, 5) is 14.1. The molecule has 0 radical (unpaired) electrons. The number of aliphatic carboxylic acids is 1. The van der Waals surface area contributed by atoms with E-state index in [4.69, 9.17) is 0 Å². The van der Waals surface area contributed by atoms with Crippen molar-refractivity contribution in [3.63, 3.8) is 0 Å². The van der Waals surface area contributed by atoms with Crippen molar-refractivity contribution in [2.45, 2.75) is 38.1 Å². The van der Waals surface area contributed by atoms with Crippen LogP contribution >= 0.6 is 0 Å². The molecule has 150 valence electrons. The molecule has 4 heteroatoms. The van der Waals surface area contributed by atoms with E-state index in [-0.39, 0.29) is 30.1 Å². The zero-order valence-corrected chi connectivity index (χ0v) is 16.6. The van der Waals surface area contributed by atoms with Gasteiger partial charge in [-0.05, 0) is 60.7 Å². The highest BCUT2D eigenvalue weighted by Crippen LogP contribution is 2.45. The average Bonchev–Trinajstić information content (AvgIpc) is 3.12. The molecule has 1 aliphatic carbocycles. The van der Waals surface area contributed by atoms with Crippen LogP contribution in [0.25, 0.3) is 10.8 Å². The van der Waals surface area contributed by atoms with Crippen molar-refractivity contribution >= 4 is 22.4 Å². The number of anilines is 1. The van der Waals surface area contributed by atoms with Crippen LogP contribution in [0, 0.1) is 11.7 Å². The molecule has 4 rings (SSSR count). The van der Waals surface area contributed by atoms with Crippen LogP contribution in [0.3, 0.4) is 0 Å². The summed E-state index contributed by atoms with van der Waals surface area (Å²) >= 11 is 0. The van der Waals surface area contributed by atoms with E-state index in [1.807, 2.05) is 24.3 Å². The van der Waals surface area contributed by atoms with Gasteiger partial charge in [-0.1, -0.05) is 48.5 Å². The van der Waals surface area contributed by atoms with Crippen LogP contribution in [0.5, 0.6) is 0 Å². The van der Waals surface area contributed by atoms with E-state index in [1.54, 1.807) is 0 Å². The standard InChI is InChI=1S/C25H26FNO2/c1-2-27(23-9-5-7-17-6-3-4-8-21(17)23)24-15-14-20(22(24)16-25(28)29)18-10-12-19(26)13-11-18/h3-13,20,22,24H,2,14-16H2,1H3,(H,28,29). The minimum atomic E-state index is -0.775. The first-order valence-corrected chi connectivity index (χ1v) is 10.3. The Labute approximate surface area is 170 Å². The second-order valence-corrected chi connectivity index (χ2v) is 7.85. The lowest BCUT2D eigenvalue weighted by atomic mass is 9.84. The van der Waals surface area contributed by atoms with Crippen molar-refractivity contribution in [1.29, 1.82) is 0 Å². The molecular weight excluding hydrogens is 365 g/mol. The number of carbonyl (C=O) groups is 1. The second kappa shape index (κ2) is 8.24. The van der Waals surface area contributed by atoms with Gasteiger partial charge in [0, 0.05) is 23.7 Å². The molecule has 0 saturated heterocycles. The molecule has 0 spiro atoms. The molecule has 0 amide bonds. The first-order valence-electron chi connectivity index (χ1n) is 10.3. The van der Waals surface area contributed by atoms with Crippen molar-refractivity contribution in [2.75, 3.05) is 11.4 Å². The number of fused-ring (bicyclic) bond motifs is 1. The largest absolute Gasteiger partial charge is 0.481 e. The van der Waals surface area contributed by atoms with Gasteiger partial charge in [-0.25, -0.2) is 4.39 Å². The zero-order chi connectivity index (χ0) is 20.4. The van der Waals surface area contributed by atoms with Gasteiger partial charge in [-0.2, -0.15) is 0 Å². The Morgan fingerprint density at radius 1 is 1.03 bits per heavy atom. The number of hydrogen-bond donors (Lipinski definition) is 1. The highest BCUT2D eigenvalue weighted by atomic mass is 19.1. The topological polar surface area (TPSA) is 40.5 Å². The van der Waals surface area contributed by atoms with Crippen molar-refractivity contribution in [1.82, 2.24) is 0 Å². The smallest absolute Gasteiger partial charge is 0.303 e. The summed E-state index contributed by atoms with van der Waals surface area (Å²) in [7, 11) is 0. The molecule has 29 heavy (non-hydrogen) atoms. The summed E-state index contributed by atoms with van der Waals surface area (Å²) in [6.07, 6.45) is 1.96. The number of carboxylic acid groups (broad SMARTS) is 1. The molecule has 3 nitrogen and oxygen atoms in total. The van der Waals surface area contributed by atoms with Gasteiger partial charge in [0.25, 0.3) is 0 Å². The molecule has 1 N–H and O–H groups in total. The van der Waals surface area contributed by atoms with Crippen LogP contribution in [-0.4, -0.2) is 23.7 Å². The van der Waals surface area contributed by atoms with E-state index in [0.29, 0.717) is 0 Å². The Balaban J connectivity index is 1.72. The minimum absolute atomic E-state index is 0.0168. The Morgan fingerprint density at radius 3 is 2.48 bits per heavy atom. The summed E-state index contributed by atoms with van der Waals surface area (Å²) in [6.45, 7) is 2.94. The Kier molecular flexibility index (Phi) is 5.52. The minimum Gasteiger partial charge on any atom is -0.481 e. The van der Waals surface area contributed by atoms with Crippen molar-refractivity contribution in [3.05, 3.63) is 78.1 Å². The fourth-order valence-corrected chi connectivity index (χ4v) is 5.08. The molecule has 3 unspecified atom stereocenters. The number of rotatable bonds is 6. The summed E-state index contributed by atoms with van der Waals surface area (Å²) < 4.78 is 13.4. The summed E-state index contributed by atoms with van der Waals surface area (Å²) in [5.74, 6) is -0.926. The Hall–Kier alpha value is -2.88. The zero-order valence-electron chi connectivity index (χ0n) is 16.6. The molecule has 1 aliphatic rings. The molecule has 3 aromatic rings. The van der Waals surface area contributed by atoms with E-state index in [9.17, 15) is 14.3 Å². The maximum absolute atomic E-state index is 13.4. The fraction of sp³-hybridized carbons (Fsp3) is 0.320. The SMILES string of the molecule is CCN(c1cccc2ccccc12)C1CCC(c2ccc(F)cc2)C1CC(=O)O. The molecule has 1 fully saturated rings. The molecule has 0 aromatic heterocycles. The van der Waals surface area contributed by atoms with Crippen molar-refractivity contribution < 1.29 is 14.3 Å². The van der Waals surface area contributed by atoms with Crippen LogP contribution in [0.15, 0.2) is 66.7 Å². The summed E-state index contributed by atoms with van der Waals surface area (Å²) in [6, 6.07) is 21.3. The van der Waals surface area contributed by atoms with Gasteiger partial charge in [0.1, 0.15) is 5.82 Å². The number of carboxylic acids is 1. The van der Waals surface area contributed by atoms with E-state index in [1.165, 1.54) is 22.9 Å². The van der Waals surface area contributed by atoms with Gasteiger partial charge >= 0.3 is 5.97 Å². The highest BCUT2D eigenvalue weighted by Gasteiger charge is 2.41. The molecule has 0 aliphatic heterocycles. The lowest BCUT2D eigenvalue weighted by molar-refractivity contribution is -0.138. The van der Waals surface area contributed by atoms with Gasteiger partial charge in [-0.15, -0.1) is 0 Å². The lowest BCUT2D eigenvalue weighted by Gasteiger charge is -2.36. The van der Waals surface area contributed by atoms with Gasteiger partial charge in [0.05, 0.1) is 6.42 Å². The second-order valence-electron chi connectivity index (χ2n) is 7.85. The fourth-order valence-electron chi connectivity index (χ4n) is 5.08. The third-order valence-corrected chi connectivity index (χ3v) is 6.31. The monoisotopic (exact) mass is 391 g/mol. The average molecular weight is 391 g/mol. The van der Waals surface area contributed by atoms with Crippen LogP contribution in [0.1, 0.15) is 37.7 Å². The number of hydrogen-bond acceptors (Lipinski definition) is 2. The lowest BCUT2D eigenvalue weighted by Crippen LogP contribution is -2.39. The van der Waals surface area contributed by atoms with Gasteiger partial charge in [0.15, 0.2) is 0 Å². The molecule has 3 atom stereocenters. The van der Waals surface area contributed by atoms with E-state index in [0.717, 1.165) is 30.6 Å². The van der Waals surface area contributed by atoms with Crippen molar-refractivity contribution in [2.24, 2.45) is 5.92 Å². The maximum atomic E-state index is 13.4. The third-order valence-electron chi connectivity index (χ3n) is 6.31. The Bertz CT molecular complexity index is 996. The molecule has 1 saturated carbocycles.